The lowest BCUT2D eigenvalue weighted by Gasteiger charge is -2.26. The molecule has 2 N–H and O–H groups in total. The second-order valence-corrected chi connectivity index (χ2v) is 8.91. The summed E-state index contributed by atoms with van der Waals surface area (Å²) in [6.07, 6.45) is 3.06. The summed E-state index contributed by atoms with van der Waals surface area (Å²) < 4.78 is 0. The van der Waals surface area contributed by atoms with E-state index in [1.165, 1.54) is 34.2 Å². The summed E-state index contributed by atoms with van der Waals surface area (Å²) in [6, 6.07) is 24.0. The van der Waals surface area contributed by atoms with Crippen LogP contribution in [0, 0.1) is 13.8 Å². The lowest BCUT2D eigenvalue weighted by Crippen LogP contribution is -2.23. The van der Waals surface area contributed by atoms with Crippen molar-refractivity contribution in [2.24, 2.45) is 0 Å². The Labute approximate surface area is 193 Å². The van der Waals surface area contributed by atoms with E-state index in [4.69, 9.17) is 0 Å². The van der Waals surface area contributed by atoms with E-state index in [1.54, 1.807) is 11.1 Å². The summed E-state index contributed by atoms with van der Waals surface area (Å²) in [6.45, 7) is 8.16. The molecule has 3 aromatic carbocycles. The van der Waals surface area contributed by atoms with Crippen LogP contribution in [0.4, 0.5) is 0 Å². The van der Waals surface area contributed by atoms with Gasteiger partial charge in [-0.1, -0.05) is 84.8 Å². The van der Waals surface area contributed by atoms with Crippen molar-refractivity contribution in [2.75, 3.05) is 20.1 Å². The van der Waals surface area contributed by atoms with Crippen LogP contribution in [0.2, 0.25) is 0 Å². The topological polar surface area (TPSA) is 41.1 Å². The summed E-state index contributed by atoms with van der Waals surface area (Å²) in [4.78, 5) is 10.6. The Morgan fingerprint density at radius 1 is 0.969 bits per heavy atom. The minimum atomic E-state index is 0.337. The van der Waals surface area contributed by atoms with Crippen molar-refractivity contribution in [2.45, 2.75) is 45.4 Å². The first kappa shape index (κ1) is 23.7. The summed E-state index contributed by atoms with van der Waals surface area (Å²) in [5.41, 5.74) is 9.51. The number of fused-ring (bicyclic) bond motifs is 1. The van der Waals surface area contributed by atoms with Gasteiger partial charge in [-0.15, -0.1) is 0 Å². The minimum Gasteiger partial charge on any atom is -0.358 e. The van der Waals surface area contributed by atoms with Crippen molar-refractivity contribution < 1.29 is 4.79 Å². The smallest absolute Gasteiger partial charge is 0.207 e. The molecule has 0 aliphatic heterocycles. The Kier molecular flexibility index (Phi) is 8.64. The quantitative estimate of drug-likeness (QED) is 0.448. The van der Waals surface area contributed by atoms with Gasteiger partial charge < -0.3 is 10.6 Å². The van der Waals surface area contributed by atoms with Crippen molar-refractivity contribution in [1.82, 2.24) is 10.6 Å². The molecule has 2 atom stereocenters. The normalized spacial score (nSPS) is 14.9. The molecule has 0 spiro atoms. The van der Waals surface area contributed by atoms with E-state index in [0.717, 1.165) is 25.3 Å². The van der Waals surface area contributed by atoms with E-state index in [1.807, 2.05) is 7.05 Å². The number of hydrogen-bond donors (Lipinski definition) is 2. The Hall–Kier alpha value is -2.91. The first-order valence-corrected chi connectivity index (χ1v) is 11.6. The molecule has 3 aromatic rings. The standard InChI is InChI=1S/C19H24N2O.C10H12/c1-15-4-3-5-18(12-15)16-6-8-17(9-7-16)19(10-11-20-2)13-21-14-22;1-7-3-4-10-8(2)6-9(10)5-7/h3-9,12,14,19-20H,10-11,13H2,1-2H3,(H,21,22);3-5,8H,6H2,1-2H3. The van der Waals surface area contributed by atoms with Gasteiger partial charge >= 0.3 is 0 Å². The van der Waals surface area contributed by atoms with Crippen molar-refractivity contribution >= 4 is 6.41 Å². The Bertz CT molecular complexity index is 1010. The highest BCUT2D eigenvalue weighted by Gasteiger charge is 2.20. The van der Waals surface area contributed by atoms with E-state index >= 15 is 0 Å². The molecule has 2 unspecified atom stereocenters. The molecule has 3 heteroatoms. The fraction of sp³-hybridized carbons (Fsp3) is 0.345. The maximum absolute atomic E-state index is 10.6. The van der Waals surface area contributed by atoms with Gasteiger partial charge in [-0.3, -0.25) is 4.79 Å². The van der Waals surface area contributed by atoms with Gasteiger partial charge in [0.2, 0.25) is 6.41 Å². The SMILES string of the molecule is CNCCC(CNC=O)c1ccc(-c2cccc(C)c2)cc1.Cc1ccc2c(c1)CC2C. The maximum Gasteiger partial charge on any atom is 0.207 e. The molecule has 1 aliphatic carbocycles. The van der Waals surface area contributed by atoms with Gasteiger partial charge in [0.15, 0.2) is 0 Å². The number of hydrogen-bond acceptors (Lipinski definition) is 2. The van der Waals surface area contributed by atoms with E-state index in [0.29, 0.717) is 12.5 Å². The molecule has 0 saturated heterocycles. The third kappa shape index (κ3) is 6.30. The van der Waals surface area contributed by atoms with Gasteiger partial charge in [0.1, 0.15) is 0 Å². The van der Waals surface area contributed by atoms with Crippen LogP contribution in [0.1, 0.15) is 53.0 Å². The predicted molar refractivity (Wildman–Crippen MR) is 135 cm³/mol. The largest absolute Gasteiger partial charge is 0.358 e. The van der Waals surface area contributed by atoms with Crippen LogP contribution in [0.3, 0.4) is 0 Å². The summed E-state index contributed by atoms with van der Waals surface area (Å²) in [5, 5.41) is 5.97. The Morgan fingerprint density at radius 2 is 1.72 bits per heavy atom. The second kappa shape index (κ2) is 11.6. The van der Waals surface area contributed by atoms with Gasteiger partial charge in [0.05, 0.1) is 0 Å². The average Bonchev–Trinajstić information content (AvgIpc) is 2.79. The van der Waals surface area contributed by atoms with Gasteiger partial charge in [-0.05, 0) is 74.0 Å². The van der Waals surface area contributed by atoms with Gasteiger partial charge in [0, 0.05) is 12.5 Å². The number of rotatable bonds is 8. The van der Waals surface area contributed by atoms with Crippen molar-refractivity contribution in [1.29, 1.82) is 0 Å². The fourth-order valence-electron chi connectivity index (χ4n) is 4.37. The third-order valence-corrected chi connectivity index (χ3v) is 6.28. The highest BCUT2D eigenvalue weighted by atomic mass is 16.1. The molecular weight excluding hydrogens is 392 g/mol. The number of nitrogens with one attached hydrogen (secondary N) is 2. The van der Waals surface area contributed by atoms with E-state index in [9.17, 15) is 4.79 Å². The van der Waals surface area contributed by atoms with Crippen LogP contribution < -0.4 is 10.6 Å². The molecular formula is C29H36N2O. The van der Waals surface area contributed by atoms with E-state index in [2.05, 4.69) is 98.1 Å². The molecule has 1 amide bonds. The second-order valence-electron chi connectivity index (χ2n) is 8.91. The zero-order valence-electron chi connectivity index (χ0n) is 19.8. The molecule has 4 rings (SSSR count). The van der Waals surface area contributed by atoms with Gasteiger partial charge in [-0.2, -0.15) is 0 Å². The molecule has 1 aliphatic rings. The number of benzene rings is 3. The van der Waals surface area contributed by atoms with Crippen molar-refractivity contribution in [3.63, 3.8) is 0 Å². The third-order valence-electron chi connectivity index (χ3n) is 6.28. The van der Waals surface area contributed by atoms with Crippen LogP contribution in [-0.2, 0) is 11.2 Å². The number of aryl methyl sites for hydroxylation is 2. The van der Waals surface area contributed by atoms with Gasteiger partial charge in [-0.25, -0.2) is 0 Å². The molecule has 0 radical (unpaired) electrons. The average molecular weight is 429 g/mol. The van der Waals surface area contributed by atoms with Crippen molar-refractivity contribution in [3.05, 3.63) is 94.5 Å². The zero-order valence-corrected chi connectivity index (χ0v) is 19.8. The van der Waals surface area contributed by atoms with Gasteiger partial charge in [0.25, 0.3) is 0 Å². The van der Waals surface area contributed by atoms with E-state index < -0.39 is 0 Å². The molecule has 168 valence electrons. The number of carbonyl (C=O) groups excluding carboxylic acids is 1. The van der Waals surface area contributed by atoms with E-state index in [-0.39, 0.29) is 0 Å². The van der Waals surface area contributed by atoms with Crippen LogP contribution in [-0.4, -0.2) is 26.5 Å². The monoisotopic (exact) mass is 428 g/mol. The lowest BCUT2D eigenvalue weighted by atomic mass is 9.78. The maximum atomic E-state index is 10.6. The summed E-state index contributed by atoms with van der Waals surface area (Å²) in [7, 11) is 1.95. The van der Waals surface area contributed by atoms with Crippen LogP contribution in [0.5, 0.6) is 0 Å². The first-order chi connectivity index (χ1) is 15.5. The summed E-state index contributed by atoms with van der Waals surface area (Å²) in [5.74, 6) is 1.15. The van der Waals surface area contributed by atoms with Crippen molar-refractivity contribution in [3.8, 4) is 11.1 Å². The minimum absolute atomic E-state index is 0.337. The highest BCUT2D eigenvalue weighted by Crippen LogP contribution is 2.34. The first-order valence-electron chi connectivity index (χ1n) is 11.6. The molecule has 32 heavy (non-hydrogen) atoms. The van der Waals surface area contributed by atoms with Crippen LogP contribution >= 0.6 is 0 Å². The molecule has 0 bridgehead atoms. The lowest BCUT2D eigenvalue weighted by molar-refractivity contribution is -0.109. The molecule has 3 nitrogen and oxygen atoms in total. The summed E-state index contributed by atoms with van der Waals surface area (Å²) >= 11 is 0. The molecule has 0 aromatic heterocycles. The molecule has 0 saturated carbocycles. The number of amides is 1. The zero-order chi connectivity index (χ0) is 22.9. The Balaban J connectivity index is 0.000000238. The Morgan fingerprint density at radius 3 is 2.34 bits per heavy atom. The van der Waals surface area contributed by atoms with Crippen LogP contribution in [0.15, 0.2) is 66.7 Å². The molecule has 0 heterocycles. The number of carbonyl (C=O) groups is 1. The molecule has 0 fully saturated rings. The fourth-order valence-corrected chi connectivity index (χ4v) is 4.37. The predicted octanol–water partition coefficient (Wildman–Crippen LogP) is 5.76. The highest BCUT2D eigenvalue weighted by molar-refractivity contribution is 5.64. The van der Waals surface area contributed by atoms with Crippen LogP contribution in [0.25, 0.3) is 11.1 Å².